The lowest BCUT2D eigenvalue weighted by atomic mass is 9.98. The molecular formula is C33H40O18. The van der Waals surface area contributed by atoms with Crippen molar-refractivity contribution in [3.8, 4) is 28.7 Å². The number of esters is 2. The van der Waals surface area contributed by atoms with E-state index in [2.05, 4.69) is 0 Å². The van der Waals surface area contributed by atoms with Crippen molar-refractivity contribution in [2.75, 3.05) is 34.5 Å². The quantitative estimate of drug-likeness (QED) is 0.0869. The summed E-state index contributed by atoms with van der Waals surface area (Å²) in [4.78, 5) is 25.8. The van der Waals surface area contributed by atoms with E-state index < -0.39 is 86.6 Å². The van der Waals surface area contributed by atoms with Crippen molar-refractivity contribution in [1.82, 2.24) is 0 Å². The summed E-state index contributed by atoms with van der Waals surface area (Å²) in [6, 6.07) is 7.02. The number of carbonyl (C=O) groups excluding carboxylic acids is 2. The monoisotopic (exact) mass is 724 g/mol. The molecule has 18 nitrogen and oxygen atoms in total. The Morgan fingerprint density at radius 3 is 1.84 bits per heavy atom. The molecule has 0 spiro atoms. The van der Waals surface area contributed by atoms with Gasteiger partial charge < -0.3 is 78.7 Å². The van der Waals surface area contributed by atoms with Crippen molar-refractivity contribution in [2.24, 2.45) is 0 Å². The maximum atomic E-state index is 13.0. The molecule has 2 aliphatic rings. The van der Waals surface area contributed by atoms with Crippen LogP contribution in [0, 0.1) is 0 Å². The summed E-state index contributed by atoms with van der Waals surface area (Å²) < 4.78 is 42.4. The van der Waals surface area contributed by atoms with E-state index in [1.165, 1.54) is 63.8 Å². The van der Waals surface area contributed by atoms with Gasteiger partial charge in [0, 0.05) is 12.2 Å². The number of ether oxygens (including phenoxy) is 8. The summed E-state index contributed by atoms with van der Waals surface area (Å²) in [6.07, 6.45) is -12.6. The predicted octanol–water partition coefficient (Wildman–Crippen LogP) is -1.43. The topological polar surface area (TPSA) is 270 Å². The summed E-state index contributed by atoms with van der Waals surface area (Å²) >= 11 is 0. The average Bonchev–Trinajstić information content (AvgIpc) is 3.12. The molecule has 18 heteroatoms. The van der Waals surface area contributed by atoms with Gasteiger partial charge in [0.05, 0.1) is 34.5 Å². The standard InChI is InChI=1S/C33H40O18/c1-44-18-10-15(4-7-17(18)35)5-8-23(36)50-31-29(42)27(40)22(14-47-32-30(43)28(41)26(39)21(13-34)48-32)49-33(31)51-24(37)9-6-16-11-19(45-2)25(38)20(12-16)46-3/h4-12,21-22,26-35,38-43H,13-14H2,1-3H3/t21-,22-,26-,27-,28+,29+,30-,31-,32-,33+/m1/s1. The summed E-state index contributed by atoms with van der Waals surface area (Å²) in [5, 5.41) is 81.7. The van der Waals surface area contributed by atoms with Crippen molar-refractivity contribution in [1.29, 1.82) is 0 Å². The lowest BCUT2D eigenvalue weighted by Gasteiger charge is -2.43. The third-order valence-corrected chi connectivity index (χ3v) is 7.93. The van der Waals surface area contributed by atoms with E-state index in [0.29, 0.717) is 11.1 Å². The number of rotatable bonds is 13. The van der Waals surface area contributed by atoms with E-state index in [0.717, 1.165) is 12.2 Å². The Kier molecular flexibility index (Phi) is 13.6. The van der Waals surface area contributed by atoms with E-state index in [1.54, 1.807) is 0 Å². The molecule has 0 aromatic heterocycles. The minimum Gasteiger partial charge on any atom is -0.504 e. The fourth-order valence-corrected chi connectivity index (χ4v) is 5.12. The van der Waals surface area contributed by atoms with Crippen LogP contribution in [0.2, 0.25) is 0 Å². The highest BCUT2D eigenvalue weighted by Crippen LogP contribution is 2.37. The fraction of sp³-hybridized carbons (Fsp3) is 0.455. The first-order chi connectivity index (χ1) is 24.3. The van der Waals surface area contributed by atoms with Crippen molar-refractivity contribution in [2.45, 2.75) is 61.4 Å². The number of aliphatic hydroxyl groups is 6. The first-order valence-electron chi connectivity index (χ1n) is 15.3. The van der Waals surface area contributed by atoms with E-state index in [-0.39, 0.29) is 28.7 Å². The average molecular weight is 725 g/mol. The molecule has 8 N–H and O–H groups in total. The molecule has 4 rings (SSSR count). The molecule has 280 valence electrons. The SMILES string of the molecule is COc1cc(C=CC(=O)O[C@H]2[C@H](OC(=O)C=Cc3cc(OC)c(O)c(OC)c3)O[C@H](CO[C@@H]3O[C@H](CO)[C@@H](O)[C@H](O)[C@H]3O)[C@@H](O)[C@@H]2O)ccc1O. The van der Waals surface area contributed by atoms with Gasteiger partial charge in [-0.1, -0.05) is 6.07 Å². The number of phenols is 2. The van der Waals surface area contributed by atoms with Crippen LogP contribution in [0.25, 0.3) is 12.2 Å². The Bertz CT molecular complexity index is 1530. The highest BCUT2D eigenvalue weighted by atomic mass is 16.7. The smallest absolute Gasteiger partial charge is 0.333 e. The van der Waals surface area contributed by atoms with Gasteiger partial charge in [-0.25, -0.2) is 9.59 Å². The second-order valence-corrected chi connectivity index (χ2v) is 11.3. The number of aromatic hydroxyl groups is 2. The van der Waals surface area contributed by atoms with Crippen LogP contribution in [0.1, 0.15) is 11.1 Å². The van der Waals surface area contributed by atoms with E-state index in [4.69, 9.17) is 37.9 Å². The molecule has 2 heterocycles. The Hall–Kier alpha value is -4.50. The number of aliphatic hydroxyl groups excluding tert-OH is 6. The molecule has 0 aliphatic carbocycles. The van der Waals surface area contributed by atoms with Crippen LogP contribution in [0.15, 0.2) is 42.5 Å². The highest BCUT2D eigenvalue weighted by Gasteiger charge is 2.50. The molecule has 51 heavy (non-hydrogen) atoms. The maximum absolute atomic E-state index is 13.0. The molecule has 2 aliphatic heterocycles. The zero-order valence-electron chi connectivity index (χ0n) is 27.5. The van der Waals surface area contributed by atoms with E-state index >= 15 is 0 Å². The second kappa shape index (κ2) is 17.6. The Morgan fingerprint density at radius 2 is 1.24 bits per heavy atom. The third-order valence-electron chi connectivity index (χ3n) is 7.93. The van der Waals surface area contributed by atoms with Crippen LogP contribution < -0.4 is 14.2 Å². The summed E-state index contributed by atoms with van der Waals surface area (Å²) in [6.45, 7) is -1.40. The van der Waals surface area contributed by atoms with Gasteiger partial charge in [0.25, 0.3) is 0 Å². The van der Waals surface area contributed by atoms with E-state index in [1.807, 2.05) is 0 Å². The fourth-order valence-electron chi connectivity index (χ4n) is 5.12. The molecular weight excluding hydrogens is 684 g/mol. The van der Waals surface area contributed by atoms with Gasteiger partial charge in [-0.15, -0.1) is 0 Å². The molecule has 0 radical (unpaired) electrons. The molecule has 2 aromatic carbocycles. The van der Waals surface area contributed by atoms with Crippen LogP contribution >= 0.6 is 0 Å². The summed E-state index contributed by atoms with van der Waals surface area (Å²) in [7, 11) is 3.96. The molecule has 0 bridgehead atoms. The Labute approximate surface area is 290 Å². The number of phenolic OH excluding ortho intramolecular Hbond substituents is 2. The number of methoxy groups -OCH3 is 3. The number of hydrogen-bond acceptors (Lipinski definition) is 18. The van der Waals surface area contributed by atoms with E-state index in [9.17, 15) is 50.4 Å². The van der Waals surface area contributed by atoms with Crippen molar-refractivity contribution < 1.29 is 88.3 Å². The molecule has 2 fully saturated rings. The number of carbonyl (C=O) groups is 2. The summed E-state index contributed by atoms with van der Waals surface area (Å²) in [5.74, 6) is -2.32. The molecule has 2 saturated heterocycles. The van der Waals surface area contributed by atoms with Crippen LogP contribution in [-0.2, 0) is 33.3 Å². The lowest BCUT2D eigenvalue weighted by molar-refractivity contribution is -0.327. The summed E-state index contributed by atoms with van der Waals surface area (Å²) in [5.41, 5.74) is 0.756. The highest BCUT2D eigenvalue weighted by molar-refractivity contribution is 5.88. The minimum absolute atomic E-state index is 0.0445. The maximum Gasteiger partial charge on any atom is 0.333 e. The van der Waals surface area contributed by atoms with Crippen LogP contribution in [0.3, 0.4) is 0 Å². The van der Waals surface area contributed by atoms with Crippen LogP contribution in [0.4, 0.5) is 0 Å². The first kappa shape index (κ1) is 39.3. The lowest BCUT2D eigenvalue weighted by Crippen LogP contribution is -2.62. The molecule has 0 unspecified atom stereocenters. The number of benzene rings is 2. The van der Waals surface area contributed by atoms with Gasteiger partial charge in [-0.05, 0) is 47.5 Å². The second-order valence-electron chi connectivity index (χ2n) is 11.3. The van der Waals surface area contributed by atoms with Gasteiger partial charge in [0.2, 0.25) is 12.0 Å². The van der Waals surface area contributed by atoms with Gasteiger partial charge in [-0.3, -0.25) is 0 Å². The van der Waals surface area contributed by atoms with Crippen molar-refractivity contribution >= 4 is 24.1 Å². The van der Waals surface area contributed by atoms with Gasteiger partial charge in [0.15, 0.2) is 35.4 Å². The van der Waals surface area contributed by atoms with Crippen LogP contribution in [-0.4, -0.2) is 149 Å². The largest absolute Gasteiger partial charge is 0.504 e. The predicted molar refractivity (Wildman–Crippen MR) is 170 cm³/mol. The first-order valence-corrected chi connectivity index (χ1v) is 15.3. The van der Waals surface area contributed by atoms with Gasteiger partial charge in [-0.2, -0.15) is 0 Å². The van der Waals surface area contributed by atoms with Crippen molar-refractivity contribution in [3.05, 3.63) is 53.6 Å². The zero-order chi connectivity index (χ0) is 37.4. The van der Waals surface area contributed by atoms with Crippen LogP contribution in [0.5, 0.6) is 28.7 Å². The molecule has 0 amide bonds. The normalized spacial score (nSPS) is 29.5. The van der Waals surface area contributed by atoms with Crippen molar-refractivity contribution in [3.63, 3.8) is 0 Å². The molecule has 2 aromatic rings. The zero-order valence-corrected chi connectivity index (χ0v) is 27.5. The Morgan fingerprint density at radius 1 is 0.686 bits per heavy atom. The number of hydrogen-bond donors (Lipinski definition) is 8. The molecule has 10 atom stereocenters. The third kappa shape index (κ3) is 9.44. The van der Waals surface area contributed by atoms with Gasteiger partial charge in [0.1, 0.15) is 42.7 Å². The minimum atomic E-state index is -1.94. The van der Waals surface area contributed by atoms with Gasteiger partial charge >= 0.3 is 11.9 Å². The molecule has 0 saturated carbocycles. The Balaban J connectivity index is 1.53.